The molecule has 0 unspecified atom stereocenters. The molecule has 1 aromatic carbocycles. The third-order valence-electron chi connectivity index (χ3n) is 3.91. The van der Waals surface area contributed by atoms with Gasteiger partial charge in [0.2, 0.25) is 0 Å². The number of halogens is 1. The second kappa shape index (κ2) is 5.90. The molecule has 0 amide bonds. The summed E-state index contributed by atoms with van der Waals surface area (Å²) in [6.07, 6.45) is 0. The Morgan fingerprint density at radius 2 is 1.85 bits per heavy atom. The molecule has 0 aliphatic carbocycles. The summed E-state index contributed by atoms with van der Waals surface area (Å²) in [5.41, 5.74) is 0.946. The molecule has 0 N–H and O–H groups in total. The summed E-state index contributed by atoms with van der Waals surface area (Å²) in [5.74, 6) is -0.367. The lowest BCUT2D eigenvalue weighted by atomic mass is 10.0. The maximum atomic E-state index is 14.0. The highest BCUT2D eigenvalue weighted by Gasteiger charge is 2.26. The van der Waals surface area contributed by atoms with E-state index in [0.717, 1.165) is 26.2 Å². The minimum Gasteiger partial charge on any atom is -0.296 e. The second-order valence-corrected chi connectivity index (χ2v) is 6.32. The first kappa shape index (κ1) is 15.0. The molecule has 0 atom stereocenters. The Balaban J connectivity index is 1.99. The first-order valence-corrected chi connectivity index (χ1v) is 7.06. The van der Waals surface area contributed by atoms with Crippen LogP contribution in [0.5, 0.6) is 0 Å². The molecule has 0 aromatic heterocycles. The van der Waals surface area contributed by atoms with Gasteiger partial charge in [0.25, 0.3) is 0 Å². The van der Waals surface area contributed by atoms with Crippen molar-refractivity contribution < 1.29 is 4.39 Å². The van der Waals surface area contributed by atoms with Gasteiger partial charge in [0, 0.05) is 43.8 Å². The third-order valence-corrected chi connectivity index (χ3v) is 3.91. The monoisotopic (exact) mass is 275 g/mol. The lowest BCUT2D eigenvalue weighted by molar-refractivity contribution is 0.0586. The Morgan fingerprint density at radius 3 is 2.40 bits per heavy atom. The number of nitrogens with zero attached hydrogens (tertiary/aromatic N) is 3. The van der Waals surface area contributed by atoms with Gasteiger partial charge in [0.05, 0.1) is 5.56 Å². The van der Waals surface area contributed by atoms with E-state index in [0.29, 0.717) is 12.1 Å². The molecule has 2 rings (SSSR count). The highest BCUT2D eigenvalue weighted by atomic mass is 19.1. The van der Waals surface area contributed by atoms with Gasteiger partial charge in [-0.1, -0.05) is 12.1 Å². The molecule has 108 valence electrons. The molecule has 20 heavy (non-hydrogen) atoms. The third kappa shape index (κ3) is 3.36. The van der Waals surface area contributed by atoms with E-state index in [1.54, 1.807) is 12.1 Å². The highest BCUT2D eigenvalue weighted by Crippen LogP contribution is 2.19. The molecular weight excluding hydrogens is 253 g/mol. The van der Waals surface area contributed by atoms with Crippen LogP contribution in [0.15, 0.2) is 18.2 Å². The van der Waals surface area contributed by atoms with Gasteiger partial charge >= 0.3 is 0 Å². The summed E-state index contributed by atoms with van der Waals surface area (Å²) in [4.78, 5) is 4.70. The van der Waals surface area contributed by atoms with Gasteiger partial charge in [-0.15, -0.1) is 0 Å². The molecule has 0 bridgehead atoms. The van der Waals surface area contributed by atoms with Crippen molar-refractivity contribution in [1.29, 1.82) is 5.26 Å². The largest absolute Gasteiger partial charge is 0.296 e. The summed E-state index contributed by atoms with van der Waals surface area (Å²) >= 11 is 0. The zero-order chi connectivity index (χ0) is 14.8. The summed E-state index contributed by atoms with van der Waals surface area (Å²) in [5, 5.41) is 8.86. The van der Waals surface area contributed by atoms with E-state index in [-0.39, 0.29) is 16.9 Å². The van der Waals surface area contributed by atoms with Crippen LogP contribution in [-0.4, -0.2) is 41.5 Å². The average molecular weight is 275 g/mol. The fourth-order valence-electron chi connectivity index (χ4n) is 2.61. The van der Waals surface area contributed by atoms with Crippen LogP contribution in [0.4, 0.5) is 4.39 Å². The molecule has 1 fully saturated rings. The molecule has 1 aliphatic heterocycles. The van der Waals surface area contributed by atoms with Crippen molar-refractivity contribution in [1.82, 2.24) is 9.80 Å². The Bertz CT molecular complexity index is 505. The summed E-state index contributed by atoms with van der Waals surface area (Å²) in [7, 11) is 0. The zero-order valence-electron chi connectivity index (χ0n) is 12.5. The Morgan fingerprint density at radius 1 is 1.20 bits per heavy atom. The van der Waals surface area contributed by atoms with Gasteiger partial charge < -0.3 is 0 Å². The average Bonchev–Trinajstić information content (AvgIpc) is 2.41. The first-order chi connectivity index (χ1) is 9.41. The molecule has 0 spiro atoms. The smallest absolute Gasteiger partial charge is 0.145 e. The van der Waals surface area contributed by atoms with Crippen LogP contribution < -0.4 is 0 Å². The fraction of sp³-hybridized carbons (Fsp3) is 0.562. The van der Waals surface area contributed by atoms with E-state index < -0.39 is 0 Å². The van der Waals surface area contributed by atoms with E-state index in [9.17, 15) is 4.39 Å². The van der Waals surface area contributed by atoms with Crippen LogP contribution >= 0.6 is 0 Å². The maximum absolute atomic E-state index is 14.0. The van der Waals surface area contributed by atoms with Crippen molar-refractivity contribution in [2.45, 2.75) is 32.9 Å². The second-order valence-electron chi connectivity index (χ2n) is 6.32. The minimum absolute atomic E-state index is 0.135. The topological polar surface area (TPSA) is 30.3 Å². The van der Waals surface area contributed by atoms with E-state index >= 15 is 0 Å². The van der Waals surface area contributed by atoms with Crippen molar-refractivity contribution in [2.24, 2.45) is 0 Å². The van der Waals surface area contributed by atoms with Crippen molar-refractivity contribution in [3.8, 4) is 6.07 Å². The summed E-state index contributed by atoms with van der Waals surface area (Å²) in [6, 6.07) is 6.94. The van der Waals surface area contributed by atoms with E-state index in [2.05, 4.69) is 30.6 Å². The lowest BCUT2D eigenvalue weighted by Gasteiger charge is -2.42. The molecule has 1 heterocycles. The van der Waals surface area contributed by atoms with E-state index in [1.807, 2.05) is 6.07 Å². The van der Waals surface area contributed by atoms with Crippen LogP contribution in [-0.2, 0) is 6.54 Å². The number of piperazine rings is 1. The van der Waals surface area contributed by atoms with Gasteiger partial charge in [-0.25, -0.2) is 4.39 Å². The Kier molecular flexibility index (Phi) is 4.42. The molecule has 1 aromatic rings. The first-order valence-electron chi connectivity index (χ1n) is 7.06. The van der Waals surface area contributed by atoms with Gasteiger partial charge in [-0.05, 0) is 26.8 Å². The van der Waals surface area contributed by atoms with Crippen LogP contribution in [0, 0.1) is 17.1 Å². The molecule has 1 saturated heterocycles. The van der Waals surface area contributed by atoms with Gasteiger partial charge in [0.1, 0.15) is 11.9 Å². The number of rotatable bonds is 2. The number of hydrogen-bond acceptors (Lipinski definition) is 3. The predicted molar refractivity (Wildman–Crippen MR) is 77.7 cm³/mol. The molecular formula is C16H22FN3. The number of hydrogen-bond donors (Lipinski definition) is 0. The lowest BCUT2D eigenvalue weighted by Crippen LogP contribution is -2.53. The van der Waals surface area contributed by atoms with Crippen LogP contribution in [0.3, 0.4) is 0 Å². The normalized spacial score (nSPS) is 17.9. The van der Waals surface area contributed by atoms with Crippen molar-refractivity contribution >= 4 is 0 Å². The number of benzene rings is 1. The minimum atomic E-state index is -0.367. The number of nitriles is 1. The van der Waals surface area contributed by atoms with Crippen LogP contribution in [0.2, 0.25) is 0 Å². The van der Waals surface area contributed by atoms with E-state index in [4.69, 9.17) is 5.26 Å². The highest BCUT2D eigenvalue weighted by molar-refractivity contribution is 5.34. The summed E-state index contributed by atoms with van der Waals surface area (Å²) in [6.45, 7) is 11.1. The fourth-order valence-corrected chi connectivity index (χ4v) is 2.61. The van der Waals surface area contributed by atoms with Gasteiger partial charge in [-0.2, -0.15) is 5.26 Å². The Labute approximate surface area is 120 Å². The van der Waals surface area contributed by atoms with Crippen molar-refractivity contribution in [3.63, 3.8) is 0 Å². The predicted octanol–water partition coefficient (Wildman–Crippen LogP) is 2.61. The van der Waals surface area contributed by atoms with Crippen LogP contribution in [0.1, 0.15) is 31.9 Å². The summed E-state index contributed by atoms with van der Waals surface area (Å²) < 4.78 is 14.0. The quantitative estimate of drug-likeness (QED) is 0.831. The molecule has 3 nitrogen and oxygen atoms in total. The molecule has 1 aliphatic rings. The van der Waals surface area contributed by atoms with Gasteiger partial charge in [0.15, 0.2) is 0 Å². The zero-order valence-corrected chi connectivity index (χ0v) is 12.5. The van der Waals surface area contributed by atoms with Crippen LogP contribution in [0.25, 0.3) is 0 Å². The standard InChI is InChI=1S/C16H22FN3/c1-16(2,3)20-9-7-19(8-10-20)12-14-6-4-5-13(11-18)15(14)17/h4-6H,7-10,12H2,1-3H3. The Hall–Kier alpha value is -1.44. The molecule has 0 radical (unpaired) electrons. The van der Waals surface area contributed by atoms with E-state index in [1.165, 1.54) is 6.07 Å². The van der Waals surface area contributed by atoms with Gasteiger partial charge in [-0.3, -0.25) is 9.80 Å². The van der Waals surface area contributed by atoms with Crippen molar-refractivity contribution in [2.75, 3.05) is 26.2 Å². The molecule has 4 heteroatoms. The van der Waals surface area contributed by atoms with Crippen molar-refractivity contribution in [3.05, 3.63) is 35.1 Å². The SMILES string of the molecule is CC(C)(C)N1CCN(Cc2cccc(C#N)c2F)CC1. The molecule has 0 saturated carbocycles. The maximum Gasteiger partial charge on any atom is 0.145 e.